The summed E-state index contributed by atoms with van der Waals surface area (Å²) in [6, 6.07) is 6.05. The summed E-state index contributed by atoms with van der Waals surface area (Å²) in [5.41, 5.74) is 1.43. The van der Waals surface area contributed by atoms with Crippen molar-refractivity contribution >= 4 is 23.2 Å². The molecule has 2 heterocycles. The van der Waals surface area contributed by atoms with Gasteiger partial charge in [-0.05, 0) is 18.2 Å². The Morgan fingerprint density at radius 1 is 1.27 bits per heavy atom. The normalized spacial score (nSPS) is 15.2. The highest BCUT2D eigenvalue weighted by atomic mass is 35.5. The molecule has 1 saturated heterocycles. The van der Waals surface area contributed by atoms with Gasteiger partial charge in [0.25, 0.3) is 0 Å². The van der Waals surface area contributed by atoms with E-state index in [4.69, 9.17) is 16.1 Å². The van der Waals surface area contributed by atoms with E-state index in [-0.39, 0.29) is 18.1 Å². The Bertz CT molecular complexity index is 655. The summed E-state index contributed by atoms with van der Waals surface area (Å²) in [6.07, 6.45) is 1.70. The molecule has 0 bridgehead atoms. The lowest BCUT2D eigenvalue weighted by molar-refractivity contribution is -0.130. The van der Waals surface area contributed by atoms with Crippen molar-refractivity contribution in [3.63, 3.8) is 0 Å². The first-order valence-corrected chi connectivity index (χ1v) is 7.38. The third kappa shape index (κ3) is 3.22. The molecule has 0 aliphatic carbocycles. The number of rotatable bonds is 3. The van der Waals surface area contributed by atoms with Crippen LogP contribution in [-0.2, 0) is 11.2 Å². The van der Waals surface area contributed by atoms with Gasteiger partial charge in [0.2, 0.25) is 5.91 Å². The summed E-state index contributed by atoms with van der Waals surface area (Å²) < 4.78 is 17.8. The van der Waals surface area contributed by atoms with Gasteiger partial charge in [0.15, 0.2) is 0 Å². The summed E-state index contributed by atoms with van der Waals surface area (Å²) in [7, 11) is 0. The summed E-state index contributed by atoms with van der Waals surface area (Å²) >= 11 is 6.08. The van der Waals surface area contributed by atoms with E-state index in [1.165, 1.54) is 18.4 Å². The third-order valence-corrected chi connectivity index (χ3v) is 4.01. The SMILES string of the molecule is O=C(Cc1ccon1)N1CCN(c2ccc(F)cc2Cl)CC1. The number of hydrogen-bond acceptors (Lipinski definition) is 4. The molecule has 1 amide bonds. The van der Waals surface area contributed by atoms with E-state index in [0.29, 0.717) is 36.9 Å². The number of carbonyl (C=O) groups is 1. The number of amides is 1. The van der Waals surface area contributed by atoms with Crippen molar-refractivity contribution in [3.05, 3.63) is 47.1 Å². The molecule has 1 aliphatic heterocycles. The monoisotopic (exact) mass is 323 g/mol. The average Bonchev–Trinajstić information content (AvgIpc) is 3.00. The van der Waals surface area contributed by atoms with Crippen LogP contribution in [0.4, 0.5) is 10.1 Å². The van der Waals surface area contributed by atoms with Crippen LogP contribution in [0.2, 0.25) is 5.02 Å². The second kappa shape index (κ2) is 6.36. The quantitative estimate of drug-likeness (QED) is 0.870. The van der Waals surface area contributed by atoms with Crippen LogP contribution in [0, 0.1) is 5.82 Å². The van der Waals surface area contributed by atoms with E-state index >= 15 is 0 Å². The van der Waals surface area contributed by atoms with E-state index < -0.39 is 0 Å². The van der Waals surface area contributed by atoms with Gasteiger partial charge in [-0.25, -0.2) is 4.39 Å². The number of nitrogens with zero attached hydrogens (tertiary/aromatic N) is 3. The van der Waals surface area contributed by atoms with Crippen LogP contribution in [0.25, 0.3) is 0 Å². The highest BCUT2D eigenvalue weighted by Crippen LogP contribution is 2.27. The fourth-order valence-corrected chi connectivity index (χ4v) is 2.82. The van der Waals surface area contributed by atoms with E-state index in [0.717, 1.165) is 5.69 Å². The molecule has 5 nitrogen and oxygen atoms in total. The number of aromatic nitrogens is 1. The van der Waals surface area contributed by atoms with Crippen molar-refractivity contribution in [2.45, 2.75) is 6.42 Å². The van der Waals surface area contributed by atoms with Gasteiger partial charge < -0.3 is 14.3 Å². The number of benzene rings is 1. The first-order valence-electron chi connectivity index (χ1n) is 7.00. The van der Waals surface area contributed by atoms with Gasteiger partial charge in [0, 0.05) is 32.2 Å². The lowest BCUT2D eigenvalue weighted by Gasteiger charge is -2.36. The van der Waals surface area contributed by atoms with Gasteiger partial charge >= 0.3 is 0 Å². The molecular formula is C15H15ClFN3O2. The van der Waals surface area contributed by atoms with Crippen LogP contribution in [-0.4, -0.2) is 42.1 Å². The van der Waals surface area contributed by atoms with Crippen molar-refractivity contribution < 1.29 is 13.7 Å². The zero-order chi connectivity index (χ0) is 15.5. The smallest absolute Gasteiger partial charge is 0.228 e. The second-order valence-electron chi connectivity index (χ2n) is 5.13. The molecule has 0 radical (unpaired) electrons. The van der Waals surface area contributed by atoms with Crippen molar-refractivity contribution in [2.24, 2.45) is 0 Å². The highest BCUT2D eigenvalue weighted by Gasteiger charge is 2.23. The molecule has 0 spiro atoms. The maximum atomic E-state index is 13.1. The first kappa shape index (κ1) is 14.8. The predicted molar refractivity (Wildman–Crippen MR) is 80.4 cm³/mol. The topological polar surface area (TPSA) is 49.6 Å². The molecule has 0 unspecified atom stereocenters. The van der Waals surface area contributed by atoms with E-state index in [1.807, 2.05) is 0 Å². The minimum atomic E-state index is -0.352. The summed E-state index contributed by atoms with van der Waals surface area (Å²) in [6.45, 7) is 2.53. The number of carbonyl (C=O) groups excluding carboxylic acids is 1. The van der Waals surface area contributed by atoms with Gasteiger partial charge in [0.05, 0.1) is 22.8 Å². The molecule has 116 valence electrons. The lowest BCUT2D eigenvalue weighted by Crippen LogP contribution is -2.49. The molecule has 1 aromatic carbocycles. The maximum absolute atomic E-state index is 13.1. The van der Waals surface area contributed by atoms with Gasteiger partial charge in [-0.2, -0.15) is 0 Å². The summed E-state index contributed by atoms with van der Waals surface area (Å²) in [5, 5.41) is 4.14. The van der Waals surface area contributed by atoms with Crippen LogP contribution in [0.5, 0.6) is 0 Å². The predicted octanol–water partition coefficient (Wildman–Crippen LogP) is 2.36. The van der Waals surface area contributed by atoms with Crippen molar-refractivity contribution in [1.29, 1.82) is 0 Å². The fraction of sp³-hybridized carbons (Fsp3) is 0.333. The van der Waals surface area contributed by atoms with Crippen LogP contribution >= 0.6 is 11.6 Å². The maximum Gasteiger partial charge on any atom is 0.228 e. The largest absolute Gasteiger partial charge is 0.367 e. The molecule has 3 rings (SSSR count). The number of hydrogen-bond donors (Lipinski definition) is 0. The van der Waals surface area contributed by atoms with Gasteiger partial charge in [-0.1, -0.05) is 16.8 Å². The molecule has 0 atom stereocenters. The van der Waals surface area contributed by atoms with E-state index in [2.05, 4.69) is 10.1 Å². The lowest BCUT2D eigenvalue weighted by atomic mass is 10.2. The molecule has 0 saturated carbocycles. The van der Waals surface area contributed by atoms with Crippen LogP contribution in [0.15, 0.2) is 35.1 Å². The highest BCUT2D eigenvalue weighted by molar-refractivity contribution is 6.33. The van der Waals surface area contributed by atoms with Crippen molar-refractivity contribution in [3.8, 4) is 0 Å². The van der Waals surface area contributed by atoms with E-state index in [9.17, 15) is 9.18 Å². The minimum absolute atomic E-state index is 0.0266. The Hall–Kier alpha value is -2.08. The summed E-state index contributed by atoms with van der Waals surface area (Å²) in [4.78, 5) is 16.0. The molecule has 22 heavy (non-hydrogen) atoms. The molecule has 1 aliphatic rings. The van der Waals surface area contributed by atoms with Gasteiger partial charge in [0.1, 0.15) is 12.1 Å². The summed E-state index contributed by atoms with van der Waals surface area (Å²) in [5.74, 6) is -0.325. The number of anilines is 1. The molecular weight excluding hydrogens is 309 g/mol. The van der Waals surface area contributed by atoms with Crippen LogP contribution in [0.1, 0.15) is 5.69 Å². The molecule has 7 heteroatoms. The molecule has 1 aromatic heterocycles. The average molecular weight is 324 g/mol. The Kier molecular flexibility index (Phi) is 4.29. The van der Waals surface area contributed by atoms with Gasteiger partial charge in [-0.15, -0.1) is 0 Å². The van der Waals surface area contributed by atoms with Gasteiger partial charge in [-0.3, -0.25) is 4.79 Å². The zero-order valence-electron chi connectivity index (χ0n) is 11.8. The Morgan fingerprint density at radius 2 is 2.05 bits per heavy atom. The Morgan fingerprint density at radius 3 is 2.68 bits per heavy atom. The number of halogens is 2. The molecule has 0 N–H and O–H groups in total. The van der Waals surface area contributed by atoms with Crippen molar-refractivity contribution in [1.82, 2.24) is 10.1 Å². The van der Waals surface area contributed by atoms with Crippen LogP contribution < -0.4 is 4.90 Å². The third-order valence-electron chi connectivity index (χ3n) is 3.71. The first-order chi connectivity index (χ1) is 10.6. The second-order valence-corrected chi connectivity index (χ2v) is 5.54. The zero-order valence-corrected chi connectivity index (χ0v) is 12.6. The number of piperazine rings is 1. The van der Waals surface area contributed by atoms with Crippen LogP contribution in [0.3, 0.4) is 0 Å². The van der Waals surface area contributed by atoms with E-state index in [1.54, 1.807) is 17.0 Å². The minimum Gasteiger partial charge on any atom is -0.367 e. The Labute approximate surface area is 132 Å². The fourth-order valence-electron chi connectivity index (χ4n) is 2.53. The van der Waals surface area contributed by atoms with Crippen molar-refractivity contribution in [2.75, 3.05) is 31.1 Å². The standard InChI is InChI=1S/C15H15ClFN3O2/c16-13-9-11(17)1-2-14(13)19-4-6-20(7-5-19)15(21)10-12-3-8-22-18-12/h1-3,8-9H,4-7,10H2. The molecule has 1 fully saturated rings. The Balaban J connectivity index is 1.59. The molecule has 2 aromatic rings.